The second-order valence-electron chi connectivity index (χ2n) is 12.8. The van der Waals surface area contributed by atoms with Crippen molar-refractivity contribution in [2.45, 2.75) is 19.3 Å². The van der Waals surface area contributed by atoms with Crippen molar-refractivity contribution in [3.63, 3.8) is 0 Å². The predicted octanol–water partition coefficient (Wildman–Crippen LogP) is 8.51. The Kier molecular flexibility index (Phi) is 5.67. The molecular formula is C42H31BN2. The van der Waals surface area contributed by atoms with E-state index in [0.29, 0.717) is 0 Å². The SMILES string of the molecule is CC1(C)c2ccccc2N(c2ccc(B3c4ccccc4-c4nc5ccccc5cc43)cc2-c2ccccc2)c2ccccc21. The number of benzene rings is 6. The number of pyridine rings is 1. The number of nitrogens with zero attached hydrogens (tertiary/aromatic N) is 2. The molecule has 0 fully saturated rings. The highest BCUT2D eigenvalue weighted by molar-refractivity contribution is 6.99. The van der Waals surface area contributed by atoms with E-state index in [2.05, 4.69) is 170 Å². The highest BCUT2D eigenvalue weighted by atomic mass is 15.2. The van der Waals surface area contributed by atoms with Crippen LogP contribution in [0.5, 0.6) is 0 Å². The molecule has 1 aromatic heterocycles. The Morgan fingerprint density at radius 1 is 0.533 bits per heavy atom. The van der Waals surface area contributed by atoms with Gasteiger partial charge in [-0.25, -0.2) is 4.98 Å². The van der Waals surface area contributed by atoms with Crippen molar-refractivity contribution in [2.24, 2.45) is 0 Å². The molecule has 0 bridgehead atoms. The molecule has 2 nitrogen and oxygen atoms in total. The fraction of sp³-hybridized carbons (Fsp3) is 0.0714. The molecular weight excluding hydrogens is 543 g/mol. The molecule has 2 aliphatic rings. The molecule has 0 saturated heterocycles. The zero-order chi connectivity index (χ0) is 30.1. The summed E-state index contributed by atoms with van der Waals surface area (Å²) in [5, 5.41) is 1.18. The Morgan fingerprint density at radius 2 is 1.18 bits per heavy atom. The molecule has 7 aromatic rings. The first-order valence-corrected chi connectivity index (χ1v) is 15.8. The Morgan fingerprint density at radius 3 is 1.96 bits per heavy atom. The molecule has 0 amide bonds. The van der Waals surface area contributed by atoms with E-state index < -0.39 is 0 Å². The molecule has 45 heavy (non-hydrogen) atoms. The van der Waals surface area contributed by atoms with Gasteiger partial charge in [0, 0.05) is 11.0 Å². The molecule has 212 valence electrons. The van der Waals surface area contributed by atoms with Gasteiger partial charge < -0.3 is 4.90 Å². The van der Waals surface area contributed by atoms with Crippen LogP contribution in [0.2, 0.25) is 0 Å². The van der Waals surface area contributed by atoms with Gasteiger partial charge in [-0.3, -0.25) is 0 Å². The average Bonchev–Trinajstić information content (AvgIpc) is 3.41. The molecule has 0 aliphatic carbocycles. The number of aromatic nitrogens is 1. The van der Waals surface area contributed by atoms with Crippen LogP contribution in [-0.4, -0.2) is 11.7 Å². The summed E-state index contributed by atoms with van der Waals surface area (Å²) in [6, 6.07) is 55.4. The molecule has 0 unspecified atom stereocenters. The Hall–Kier alpha value is -5.41. The lowest BCUT2D eigenvalue weighted by Gasteiger charge is -2.42. The van der Waals surface area contributed by atoms with Crippen LogP contribution in [0.25, 0.3) is 33.3 Å². The van der Waals surface area contributed by atoms with Gasteiger partial charge in [0.15, 0.2) is 0 Å². The molecule has 9 rings (SSSR count). The van der Waals surface area contributed by atoms with E-state index >= 15 is 0 Å². The first kappa shape index (κ1) is 26.0. The standard InChI is InChI=1S/C42H31BN2/c1-42(2)33-18-8-12-22-39(33)45(40-23-13-9-19-34(40)42)38-25-24-30(27-32(38)28-14-4-3-5-15-28)43-35-20-10-7-17-31(35)41-36(43)26-29-16-6-11-21-37(29)44-41/h3-27H,1-2H3. The number of hydrogen-bond donors (Lipinski definition) is 0. The second kappa shape index (κ2) is 9.80. The minimum atomic E-state index is -0.108. The largest absolute Gasteiger partial charge is 0.309 e. The smallest absolute Gasteiger partial charge is 0.244 e. The van der Waals surface area contributed by atoms with Crippen molar-refractivity contribution in [1.29, 1.82) is 0 Å². The summed E-state index contributed by atoms with van der Waals surface area (Å²) in [7, 11) is 0. The highest BCUT2D eigenvalue weighted by Crippen LogP contribution is 2.53. The van der Waals surface area contributed by atoms with Crippen molar-refractivity contribution in [1.82, 2.24) is 4.98 Å². The number of rotatable bonds is 3. The molecule has 0 saturated carbocycles. The normalized spacial score (nSPS) is 14.1. The van der Waals surface area contributed by atoms with Crippen LogP contribution in [0.3, 0.4) is 0 Å². The quantitative estimate of drug-likeness (QED) is 0.197. The summed E-state index contributed by atoms with van der Waals surface area (Å²) in [5.41, 5.74) is 15.9. The van der Waals surface area contributed by atoms with E-state index in [4.69, 9.17) is 4.98 Å². The molecule has 6 aromatic carbocycles. The summed E-state index contributed by atoms with van der Waals surface area (Å²) in [4.78, 5) is 7.68. The Bertz CT molecular complexity index is 2220. The number of fused-ring (bicyclic) bond motifs is 6. The molecule has 0 radical (unpaired) electrons. The fourth-order valence-electron chi connectivity index (χ4n) is 7.76. The van der Waals surface area contributed by atoms with E-state index in [9.17, 15) is 0 Å². The van der Waals surface area contributed by atoms with Crippen LogP contribution >= 0.6 is 0 Å². The van der Waals surface area contributed by atoms with Gasteiger partial charge in [0.25, 0.3) is 0 Å². The van der Waals surface area contributed by atoms with Crippen LogP contribution < -0.4 is 21.3 Å². The van der Waals surface area contributed by atoms with Gasteiger partial charge in [-0.1, -0.05) is 152 Å². The van der Waals surface area contributed by atoms with E-state index in [1.807, 2.05) is 0 Å². The Balaban J connectivity index is 1.30. The van der Waals surface area contributed by atoms with Gasteiger partial charge in [-0.05, 0) is 57.4 Å². The molecule has 0 spiro atoms. The van der Waals surface area contributed by atoms with Crippen molar-refractivity contribution in [2.75, 3.05) is 4.90 Å². The zero-order valence-electron chi connectivity index (χ0n) is 25.4. The monoisotopic (exact) mass is 574 g/mol. The molecule has 0 N–H and O–H groups in total. The average molecular weight is 575 g/mol. The van der Waals surface area contributed by atoms with Gasteiger partial charge in [0.05, 0.1) is 28.3 Å². The highest BCUT2D eigenvalue weighted by Gasteiger charge is 2.38. The van der Waals surface area contributed by atoms with Crippen molar-refractivity contribution in [3.8, 4) is 22.4 Å². The van der Waals surface area contributed by atoms with Crippen LogP contribution in [0.4, 0.5) is 17.1 Å². The predicted molar refractivity (Wildman–Crippen MR) is 191 cm³/mol. The summed E-state index contributed by atoms with van der Waals surface area (Å²) in [6.07, 6.45) is 0. The maximum Gasteiger partial charge on any atom is 0.244 e. The van der Waals surface area contributed by atoms with E-state index in [-0.39, 0.29) is 12.1 Å². The van der Waals surface area contributed by atoms with E-state index in [1.165, 1.54) is 66.7 Å². The minimum absolute atomic E-state index is 0.102. The molecule has 3 heterocycles. The van der Waals surface area contributed by atoms with Crippen molar-refractivity contribution in [3.05, 3.63) is 163 Å². The third-order valence-corrected chi connectivity index (χ3v) is 9.91. The first-order valence-electron chi connectivity index (χ1n) is 15.8. The number of anilines is 3. The van der Waals surface area contributed by atoms with Gasteiger partial charge in [0.2, 0.25) is 6.71 Å². The summed E-state index contributed by atoms with van der Waals surface area (Å²) in [6.45, 7) is 4.79. The van der Waals surface area contributed by atoms with E-state index in [0.717, 1.165) is 11.2 Å². The zero-order valence-corrected chi connectivity index (χ0v) is 25.4. The summed E-state index contributed by atoms with van der Waals surface area (Å²) in [5.74, 6) is 0. The second-order valence-corrected chi connectivity index (χ2v) is 12.8. The lowest BCUT2D eigenvalue weighted by atomic mass is 9.39. The van der Waals surface area contributed by atoms with Crippen molar-refractivity contribution >= 4 is 51.1 Å². The maximum atomic E-state index is 5.20. The van der Waals surface area contributed by atoms with Gasteiger partial charge in [-0.15, -0.1) is 0 Å². The Labute approximate surface area is 264 Å². The third-order valence-electron chi connectivity index (χ3n) is 9.91. The van der Waals surface area contributed by atoms with Crippen LogP contribution in [0, 0.1) is 0 Å². The number of hydrogen-bond acceptors (Lipinski definition) is 2. The fourth-order valence-corrected chi connectivity index (χ4v) is 7.76. The van der Waals surface area contributed by atoms with Crippen molar-refractivity contribution < 1.29 is 0 Å². The maximum absolute atomic E-state index is 5.20. The number of para-hydroxylation sites is 3. The van der Waals surface area contributed by atoms with Gasteiger partial charge in [0.1, 0.15) is 0 Å². The first-order chi connectivity index (χ1) is 22.1. The van der Waals surface area contributed by atoms with E-state index in [1.54, 1.807) is 0 Å². The van der Waals surface area contributed by atoms with Gasteiger partial charge >= 0.3 is 0 Å². The van der Waals surface area contributed by atoms with Crippen LogP contribution in [-0.2, 0) is 5.41 Å². The molecule has 2 aliphatic heterocycles. The van der Waals surface area contributed by atoms with Gasteiger partial charge in [-0.2, -0.15) is 0 Å². The molecule has 3 heteroatoms. The lowest BCUT2D eigenvalue weighted by molar-refractivity contribution is 0.632. The summed E-state index contributed by atoms with van der Waals surface area (Å²) >= 11 is 0. The summed E-state index contributed by atoms with van der Waals surface area (Å²) < 4.78 is 0. The minimum Gasteiger partial charge on any atom is -0.309 e. The molecule has 0 atom stereocenters. The third kappa shape index (κ3) is 3.87. The lowest BCUT2D eigenvalue weighted by Crippen LogP contribution is -2.49. The van der Waals surface area contributed by atoms with Crippen LogP contribution in [0.15, 0.2) is 152 Å². The topological polar surface area (TPSA) is 16.1 Å². The van der Waals surface area contributed by atoms with Crippen LogP contribution in [0.1, 0.15) is 25.0 Å².